The van der Waals surface area contributed by atoms with Gasteiger partial charge in [0, 0.05) is 105 Å². The average molecular weight is 1120 g/mol. The molecule has 0 radical (unpaired) electrons. The molecule has 80 heavy (non-hydrogen) atoms. The number of nitrogens with one attached hydrogen (secondary N) is 6. The van der Waals surface area contributed by atoms with E-state index in [4.69, 9.17) is 0 Å². The van der Waals surface area contributed by atoms with Crippen molar-refractivity contribution in [1.29, 1.82) is 0 Å². The molecule has 2 aliphatic rings. The van der Waals surface area contributed by atoms with Crippen molar-refractivity contribution in [2.75, 3.05) is 81.6 Å². The van der Waals surface area contributed by atoms with Crippen LogP contribution in [-0.4, -0.2) is 143 Å². The van der Waals surface area contributed by atoms with Crippen LogP contribution in [0.2, 0.25) is 0 Å². The number of amides is 5. The summed E-state index contributed by atoms with van der Waals surface area (Å²) in [6.07, 6.45) is 2.86. The van der Waals surface area contributed by atoms with E-state index in [9.17, 15) is 46.8 Å². The number of azo groups is 1. The third-order valence-electron chi connectivity index (χ3n) is 14.6. The molecule has 0 aromatic heterocycles. The quantitative estimate of drug-likeness (QED) is 0.0161. The molecular weight excluding hydrogens is 1040 g/mol. The van der Waals surface area contributed by atoms with Crippen molar-refractivity contribution in [1.82, 2.24) is 31.5 Å². The fraction of sp³-hybridized carbons (Fsp3) is 0.414. The molecule has 2 fully saturated rings. The van der Waals surface area contributed by atoms with Crippen molar-refractivity contribution in [2.45, 2.75) is 93.7 Å². The Morgan fingerprint density at radius 3 is 1.94 bits per heavy atom. The normalized spacial score (nSPS) is 15.3. The lowest BCUT2D eigenvalue weighted by Gasteiger charge is -2.38. The topological polar surface area (TPSA) is 284 Å². The summed E-state index contributed by atoms with van der Waals surface area (Å²) < 4.78 is 33.7. The van der Waals surface area contributed by atoms with Gasteiger partial charge in [0.25, 0.3) is 21.9 Å². The Balaban J connectivity index is 0.961. The second kappa shape index (κ2) is 28.3. The van der Waals surface area contributed by atoms with E-state index >= 15 is 0 Å². The Bertz CT molecular complexity index is 3090. The highest BCUT2D eigenvalue weighted by atomic mass is 32.2. The average Bonchev–Trinajstić information content (AvgIpc) is 3.47. The number of fused-ring (bicyclic) bond motifs is 1. The van der Waals surface area contributed by atoms with Gasteiger partial charge in [0.1, 0.15) is 22.5 Å². The number of rotatable bonds is 26. The molecule has 1 saturated heterocycles. The van der Waals surface area contributed by atoms with Crippen molar-refractivity contribution in [3.05, 3.63) is 120 Å². The maximum Gasteiger partial charge on any atom is 0.326 e. The third-order valence-corrected chi connectivity index (χ3v) is 15.5. The van der Waals surface area contributed by atoms with Gasteiger partial charge in [-0.2, -0.15) is 18.6 Å². The number of carbonyl (C=O) groups is 6. The third kappa shape index (κ3) is 16.6. The minimum Gasteiger partial charge on any atom is -0.480 e. The number of likely N-dealkylation sites (N-methyl/N-ethyl adjacent to an activating group) is 1. The van der Waals surface area contributed by atoms with Crippen LogP contribution < -0.4 is 41.7 Å². The standard InChI is InChI=1S/C58H73N11O10S/c1-4-68-36-38-69(39-37-68)45-25-19-41(20-26-45)54(72)64-58(31-7-5-8-32-58)57(76)63-49(29-30-52(70)60-35-34-59-48-15-10-13-47-46(48)12-11-16-51(47)80(77,78)79)55(73)62-50(56(74)75)14-6-9-33-61-53(71)40-17-21-42(22-18-40)65-66-43-23-27-44(28-24-43)67(2)3/h10-13,15-28,49-50,59H,4-9,14,29-39H2,1-3H3,(H,60,70)(H,61,71)(H,62,73)(H,63,76)(H,64,72)(H,74,75)(H,77,78,79)/b66-65+/t49-,50-/m0/s1. The lowest BCUT2D eigenvalue weighted by molar-refractivity contribution is -0.142. The number of hydrogen-bond acceptors (Lipinski definition) is 14. The lowest BCUT2D eigenvalue weighted by atomic mass is 9.80. The van der Waals surface area contributed by atoms with Crippen LogP contribution in [0.4, 0.5) is 28.4 Å². The maximum atomic E-state index is 14.6. The van der Waals surface area contributed by atoms with Gasteiger partial charge in [-0.3, -0.25) is 28.5 Å². The van der Waals surface area contributed by atoms with Gasteiger partial charge in [-0.1, -0.05) is 50.5 Å². The molecule has 7 rings (SSSR count). The first-order valence-corrected chi connectivity index (χ1v) is 28.7. The Kier molecular flexibility index (Phi) is 21.1. The minimum absolute atomic E-state index is 0.00970. The van der Waals surface area contributed by atoms with E-state index in [2.05, 4.69) is 58.9 Å². The van der Waals surface area contributed by atoms with E-state index in [1.807, 2.05) is 55.4 Å². The second-order valence-corrected chi connectivity index (χ2v) is 21.7. The van der Waals surface area contributed by atoms with Crippen LogP contribution in [-0.2, 0) is 29.3 Å². The molecule has 1 aliphatic carbocycles. The molecule has 0 unspecified atom stereocenters. The van der Waals surface area contributed by atoms with Gasteiger partial charge in [-0.25, -0.2) is 4.79 Å². The molecular formula is C58H73N11O10S. The van der Waals surface area contributed by atoms with Crippen LogP contribution in [0.15, 0.2) is 124 Å². The van der Waals surface area contributed by atoms with Crippen LogP contribution in [0.25, 0.3) is 10.8 Å². The highest BCUT2D eigenvalue weighted by Gasteiger charge is 2.43. The van der Waals surface area contributed by atoms with E-state index in [-0.39, 0.29) is 49.7 Å². The van der Waals surface area contributed by atoms with Gasteiger partial charge in [-0.15, -0.1) is 0 Å². The van der Waals surface area contributed by atoms with Crippen molar-refractivity contribution in [3.8, 4) is 0 Å². The van der Waals surface area contributed by atoms with Gasteiger partial charge >= 0.3 is 5.97 Å². The van der Waals surface area contributed by atoms with Crippen molar-refractivity contribution in [2.24, 2.45) is 10.2 Å². The zero-order chi connectivity index (χ0) is 57.2. The molecule has 1 saturated carbocycles. The van der Waals surface area contributed by atoms with Crippen LogP contribution >= 0.6 is 0 Å². The number of aliphatic carboxylic acids is 1. The highest BCUT2D eigenvalue weighted by Crippen LogP contribution is 2.31. The zero-order valence-corrected chi connectivity index (χ0v) is 46.4. The van der Waals surface area contributed by atoms with Gasteiger partial charge in [0.15, 0.2) is 0 Å². The van der Waals surface area contributed by atoms with E-state index in [1.165, 1.54) is 12.1 Å². The number of nitrogens with zero attached hydrogens (tertiary/aromatic N) is 5. The second-order valence-electron chi connectivity index (χ2n) is 20.3. The fourth-order valence-electron chi connectivity index (χ4n) is 9.91. The van der Waals surface area contributed by atoms with Gasteiger partial charge in [0.05, 0.1) is 11.4 Å². The summed E-state index contributed by atoms with van der Waals surface area (Å²) in [5.41, 5.74) is 3.18. The summed E-state index contributed by atoms with van der Waals surface area (Å²) in [5, 5.41) is 36.8. The number of piperazine rings is 1. The van der Waals surface area contributed by atoms with Crippen LogP contribution in [0.1, 0.15) is 91.8 Å². The summed E-state index contributed by atoms with van der Waals surface area (Å²) in [5.74, 6) is -4.03. The molecule has 8 N–H and O–H groups in total. The Labute approximate surface area is 467 Å². The van der Waals surface area contributed by atoms with Crippen molar-refractivity contribution >= 4 is 84.8 Å². The van der Waals surface area contributed by atoms with Gasteiger partial charge in [0.2, 0.25) is 17.7 Å². The SMILES string of the molecule is CCN1CCN(c2ccc(C(=O)NC3(C(=O)N[C@@H](CCC(=O)NCCNc4cccc5c(S(=O)(=O)O)cccc45)C(=O)N[C@@H](CCCCNC(=O)c4ccc(/N=N/c5ccc(N(C)C)cc5)cc4)C(=O)O)CCCCC3)cc2)CC1. The number of benzene rings is 5. The number of carboxylic acids is 1. The number of unbranched alkanes of at least 4 members (excludes halogenated alkanes) is 1. The molecule has 1 heterocycles. The summed E-state index contributed by atoms with van der Waals surface area (Å²) in [6.45, 7) is 7.27. The Morgan fingerprint density at radius 2 is 1.30 bits per heavy atom. The van der Waals surface area contributed by atoms with E-state index < -0.39 is 57.3 Å². The first-order valence-electron chi connectivity index (χ1n) is 27.2. The van der Waals surface area contributed by atoms with Crippen LogP contribution in [0, 0.1) is 0 Å². The summed E-state index contributed by atoms with van der Waals surface area (Å²) in [4.78, 5) is 88.1. The summed E-state index contributed by atoms with van der Waals surface area (Å²) >= 11 is 0. The zero-order valence-electron chi connectivity index (χ0n) is 45.6. The number of carbonyl (C=O) groups excluding carboxylic acids is 5. The van der Waals surface area contributed by atoms with E-state index in [0.29, 0.717) is 77.5 Å². The molecule has 21 nitrogen and oxygen atoms in total. The number of carboxylic acid groups (broad SMARTS) is 1. The largest absolute Gasteiger partial charge is 0.480 e. The first-order chi connectivity index (χ1) is 38.4. The Hall–Kier alpha value is -7.95. The molecule has 22 heteroatoms. The fourth-order valence-corrected chi connectivity index (χ4v) is 10.6. The monoisotopic (exact) mass is 1120 g/mol. The van der Waals surface area contributed by atoms with Crippen LogP contribution in [0.3, 0.4) is 0 Å². The molecule has 5 aromatic rings. The number of anilines is 3. The minimum atomic E-state index is -4.49. The molecule has 0 spiro atoms. The van der Waals surface area contributed by atoms with Gasteiger partial charge in [-0.05, 0) is 130 Å². The molecule has 426 valence electrons. The first kappa shape index (κ1) is 59.7. The molecule has 1 aliphatic heterocycles. The lowest BCUT2D eigenvalue weighted by Crippen LogP contribution is -2.63. The van der Waals surface area contributed by atoms with Crippen molar-refractivity contribution < 1.29 is 46.8 Å². The smallest absolute Gasteiger partial charge is 0.326 e. The maximum absolute atomic E-state index is 14.6. The summed E-state index contributed by atoms with van der Waals surface area (Å²) in [7, 11) is -0.590. The van der Waals surface area contributed by atoms with E-state index in [1.54, 1.807) is 60.7 Å². The highest BCUT2D eigenvalue weighted by molar-refractivity contribution is 7.86. The van der Waals surface area contributed by atoms with Crippen LogP contribution in [0.5, 0.6) is 0 Å². The Morgan fingerprint density at radius 1 is 0.675 bits per heavy atom. The molecule has 5 aromatic carbocycles. The van der Waals surface area contributed by atoms with E-state index in [0.717, 1.165) is 50.5 Å². The molecule has 0 bridgehead atoms. The van der Waals surface area contributed by atoms with Gasteiger partial charge < -0.3 is 51.7 Å². The number of hydrogen-bond donors (Lipinski definition) is 8. The molecule has 5 amide bonds. The molecule has 2 atom stereocenters. The summed E-state index contributed by atoms with van der Waals surface area (Å²) in [6, 6.07) is 28.1. The van der Waals surface area contributed by atoms with Crippen molar-refractivity contribution in [3.63, 3.8) is 0 Å². The predicted molar refractivity (Wildman–Crippen MR) is 308 cm³/mol. The predicted octanol–water partition coefficient (Wildman–Crippen LogP) is 6.81.